The van der Waals surface area contributed by atoms with Gasteiger partial charge in [0.05, 0.1) is 7.11 Å². The first-order valence-corrected chi connectivity index (χ1v) is 6.48. The fourth-order valence-electron chi connectivity index (χ4n) is 1.54. The maximum absolute atomic E-state index is 12.9. The lowest BCUT2D eigenvalue weighted by Gasteiger charge is -2.14. The predicted octanol–water partition coefficient (Wildman–Crippen LogP) is 3.23. The number of methoxy groups -OCH3 is 1. The van der Waals surface area contributed by atoms with E-state index in [-0.39, 0.29) is 11.8 Å². The zero-order valence-corrected chi connectivity index (χ0v) is 11.1. The second kappa shape index (κ2) is 6.33. The molecule has 98 valence electrons. The molecule has 1 aromatic heterocycles. The van der Waals surface area contributed by atoms with Crippen molar-refractivity contribution in [3.63, 3.8) is 0 Å². The van der Waals surface area contributed by atoms with E-state index < -0.39 is 5.25 Å². The smallest absolute Gasteiger partial charge is 0.323 e. The van der Waals surface area contributed by atoms with Crippen molar-refractivity contribution < 1.29 is 13.9 Å². The van der Waals surface area contributed by atoms with Crippen molar-refractivity contribution in [3.05, 3.63) is 60.2 Å². The van der Waals surface area contributed by atoms with Crippen molar-refractivity contribution >= 4 is 17.7 Å². The highest BCUT2D eigenvalue weighted by Gasteiger charge is 2.22. The van der Waals surface area contributed by atoms with Gasteiger partial charge in [0, 0.05) is 17.3 Å². The summed E-state index contributed by atoms with van der Waals surface area (Å²) in [7, 11) is 1.34. The second-order valence-electron chi connectivity index (χ2n) is 3.76. The standard InChI is InChI=1S/C14H12FNO2S/c1-18-14(17)13(10-3-2-8-16-9-10)19-12-6-4-11(15)5-7-12/h2-9,13H,1H3/t13-/m0/s1. The molecule has 1 atom stereocenters. The van der Waals surface area contributed by atoms with Crippen LogP contribution in [0.2, 0.25) is 0 Å². The third kappa shape index (κ3) is 3.54. The van der Waals surface area contributed by atoms with Crippen molar-refractivity contribution in [3.8, 4) is 0 Å². The number of carbonyl (C=O) groups excluding carboxylic acids is 1. The lowest BCUT2D eigenvalue weighted by atomic mass is 10.2. The number of esters is 1. The van der Waals surface area contributed by atoms with Gasteiger partial charge in [0.2, 0.25) is 0 Å². The highest BCUT2D eigenvalue weighted by Crippen LogP contribution is 2.35. The Hall–Kier alpha value is -1.88. The van der Waals surface area contributed by atoms with Gasteiger partial charge in [-0.05, 0) is 35.9 Å². The number of hydrogen-bond acceptors (Lipinski definition) is 4. The summed E-state index contributed by atoms with van der Waals surface area (Å²) in [4.78, 5) is 16.6. The van der Waals surface area contributed by atoms with Gasteiger partial charge in [-0.1, -0.05) is 6.07 Å². The molecule has 0 saturated heterocycles. The number of rotatable bonds is 4. The molecule has 0 amide bonds. The molecule has 0 saturated carbocycles. The van der Waals surface area contributed by atoms with Crippen molar-refractivity contribution in [2.75, 3.05) is 7.11 Å². The summed E-state index contributed by atoms with van der Waals surface area (Å²) >= 11 is 1.30. The number of benzene rings is 1. The molecule has 0 radical (unpaired) electrons. The Morgan fingerprint density at radius 3 is 2.63 bits per heavy atom. The van der Waals surface area contributed by atoms with Crippen LogP contribution in [0, 0.1) is 5.82 Å². The molecule has 1 aromatic carbocycles. The van der Waals surface area contributed by atoms with Crippen LogP contribution in [0.5, 0.6) is 0 Å². The first-order valence-electron chi connectivity index (χ1n) is 5.60. The number of ether oxygens (including phenoxy) is 1. The average molecular weight is 277 g/mol. The number of aromatic nitrogens is 1. The van der Waals surface area contributed by atoms with Crippen LogP contribution < -0.4 is 0 Å². The summed E-state index contributed by atoms with van der Waals surface area (Å²) in [6.45, 7) is 0. The Morgan fingerprint density at radius 2 is 2.05 bits per heavy atom. The highest BCUT2D eigenvalue weighted by atomic mass is 32.2. The maximum Gasteiger partial charge on any atom is 0.323 e. The third-order valence-corrected chi connectivity index (χ3v) is 3.71. The van der Waals surface area contributed by atoms with Crippen LogP contribution >= 0.6 is 11.8 Å². The Bertz CT molecular complexity index is 545. The van der Waals surface area contributed by atoms with E-state index >= 15 is 0 Å². The Kier molecular flexibility index (Phi) is 4.52. The fraction of sp³-hybridized carbons (Fsp3) is 0.143. The molecule has 0 N–H and O–H groups in total. The zero-order valence-electron chi connectivity index (χ0n) is 10.2. The van der Waals surface area contributed by atoms with E-state index in [0.29, 0.717) is 0 Å². The molecule has 0 aliphatic carbocycles. The van der Waals surface area contributed by atoms with Crippen molar-refractivity contribution in [2.45, 2.75) is 10.1 Å². The summed E-state index contributed by atoms with van der Waals surface area (Å²) < 4.78 is 17.7. The van der Waals surface area contributed by atoms with Gasteiger partial charge in [-0.15, -0.1) is 11.8 Å². The van der Waals surface area contributed by atoms with Gasteiger partial charge in [0.1, 0.15) is 11.1 Å². The van der Waals surface area contributed by atoms with Gasteiger partial charge in [0.15, 0.2) is 0 Å². The molecule has 0 aliphatic rings. The van der Waals surface area contributed by atoms with Crippen molar-refractivity contribution in [1.82, 2.24) is 4.98 Å². The molecule has 3 nitrogen and oxygen atoms in total. The summed E-state index contributed by atoms with van der Waals surface area (Å²) in [5.41, 5.74) is 0.753. The SMILES string of the molecule is COC(=O)[C@@H](Sc1ccc(F)cc1)c1cccnc1. The van der Waals surface area contributed by atoms with Gasteiger partial charge in [-0.3, -0.25) is 9.78 Å². The normalized spacial score (nSPS) is 11.9. The largest absolute Gasteiger partial charge is 0.468 e. The molecule has 5 heteroatoms. The van der Waals surface area contributed by atoms with Gasteiger partial charge in [-0.2, -0.15) is 0 Å². The molecule has 2 rings (SSSR count). The van der Waals surface area contributed by atoms with Crippen LogP contribution in [0.25, 0.3) is 0 Å². The van der Waals surface area contributed by atoms with E-state index in [2.05, 4.69) is 4.98 Å². The van der Waals surface area contributed by atoms with Crippen LogP contribution in [0.15, 0.2) is 53.7 Å². The van der Waals surface area contributed by atoms with Gasteiger partial charge in [0.25, 0.3) is 0 Å². The number of pyridine rings is 1. The van der Waals surface area contributed by atoms with E-state index in [4.69, 9.17) is 4.74 Å². The van der Waals surface area contributed by atoms with Crippen LogP contribution in [0.1, 0.15) is 10.8 Å². The number of carbonyl (C=O) groups is 1. The van der Waals surface area contributed by atoms with E-state index in [1.807, 2.05) is 6.07 Å². The summed E-state index contributed by atoms with van der Waals surface area (Å²) in [5.74, 6) is -0.664. The average Bonchev–Trinajstić information content (AvgIpc) is 2.47. The molecule has 2 aromatic rings. The quantitative estimate of drug-likeness (QED) is 0.635. The number of halogens is 1. The predicted molar refractivity (Wildman–Crippen MR) is 71.3 cm³/mol. The molecule has 1 heterocycles. The second-order valence-corrected chi connectivity index (χ2v) is 4.94. The first-order chi connectivity index (χ1) is 9.20. The van der Waals surface area contributed by atoms with Crippen LogP contribution in [0.4, 0.5) is 4.39 Å². The molecule has 0 aliphatic heterocycles. The van der Waals surface area contributed by atoms with Gasteiger partial charge < -0.3 is 4.74 Å². The van der Waals surface area contributed by atoms with E-state index in [9.17, 15) is 9.18 Å². The van der Waals surface area contributed by atoms with Gasteiger partial charge in [-0.25, -0.2) is 4.39 Å². The number of nitrogens with zero attached hydrogens (tertiary/aromatic N) is 1. The zero-order chi connectivity index (χ0) is 13.7. The Balaban J connectivity index is 2.24. The highest BCUT2D eigenvalue weighted by molar-refractivity contribution is 8.00. The lowest BCUT2D eigenvalue weighted by molar-refractivity contribution is -0.140. The molecular formula is C14H12FNO2S. The number of hydrogen-bond donors (Lipinski definition) is 0. The lowest BCUT2D eigenvalue weighted by Crippen LogP contribution is -2.11. The number of thioether (sulfide) groups is 1. The van der Waals surface area contributed by atoms with E-state index in [0.717, 1.165) is 10.5 Å². The van der Waals surface area contributed by atoms with E-state index in [1.165, 1.54) is 31.0 Å². The molecular weight excluding hydrogens is 265 g/mol. The molecule has 0 bridgehead atoms. The third-order valence-electron chi connectivity index (χ3n) is 2.47. The van der Waals surface area contributed by atoms with Crippen LogP contribution in [-0.2, 0) is 9.53 Å². The summed E-state index contributed by atoms with van der Waals surface area (Å²) in [6.07, 6.45) is 3.26. The fourth-order valence-corrected chi connectivity index (χ4v) is 2.57. The van der Waals surface area contributed by atoms with E-state index in [1.54, 1.807) is 30.6 Å². The molecule has 0 unspecified atom stereocenters. The van der Waals surface area contributed by atoms with Crippen LogP contribution in [-0.4, -0.2) is 18.1 Å². The Labute approximate surface area is 114 Å². The topological polar surface area (TPSA) is 39.2 Å². The van der Waals surface area contributed by atoms with Gasteiger partial charge >= 0.3 is 5.97 Å². The minimum absolute atomic E-state index is 0.305. The monoisotopic (exact) mass is 277 g/mol. The molecule has 19 heavy (non-hydrogen) atoms. The minimum Gasteiger partial charge on any atom is -0.468 e. The van der Waals surface area contributed by atoms with Crippen molar-refractivity contribution in [2.24, 2.45) is 0 Å². The summed E-state index contributed by atoms with van der Waals surface area (Å²) in [6, 6.07) is 9.56. The summed E-state index contributed by atoms with van der Waals surface area (Å²) in [5, 5.41) is -0.510. The van der Waals surface area contributed by atoms with Crippen molar-refractivity contribution in [1.29, 1.82) is 0 Å². The minimum atomic E-state index is -0.510. The first kappa shape index (κ1) is 13.5. The molecule has 0 spiro atoms. The van der Waals surface area contributed by atoms with Crippen LogP contribution in [0.3, 0.4) is 0 Å². The molecule has 0 fully saturated rings. The Morgan fingerprint density at radius 1 is 1.32 bits per heavy atom. The maximum atomic E-state index is 12.9.